The van der Waals surface area contributed by atoms with Crippen molar-refractivity contribution >= 4 is 18.0 Å². The average Bonchev–Trinajstić information content (AvgIpc) is 3.09. The number of fused-ring (bicyclic) bond motifs is 3. The van der Waals surface area contributed by atoms with E-state index in [1.807, 2.05) is 48.5 Å². The molecule has 2 amide bonds. The predicted octanol–water partition coefficient (Wildman–Crippen LogP) is 4.22. The summed E-state index contributed by atoms with van der Waals surface area (Å²) in [4.78, 5) is 34.8. The second-order valence-corrected chi connectivity index (χ2v) is 8.17. The topological polar surface area (TPSA) is 105 Å². The van der Waals surface area contributed by atoms with Crippen molar-refractivity contribution in [1.29, 1.82) is 0 Å². The monoisotopic (exact) mass is 478 g/mol. The largest absolute Gasteiger partial charge is 0.481 e. The number of alkyl halides is 3. The summed E-state index contributed by atoms with van der Waals surface area (Å²) in [6, 6.07) is 12.0. The summed E-state index contributed by atoms with van der Waals surface area (Å²) in [5.41, 5.74) is 3.79. The number of carbonyl (C=O) groups is 3. The van der Waals surface area contributed by atoms with Crippen LogP contribution >= 0.6 is 0 Å². The number of carboxylic acids is 1. The van der Waals surface area contributed by atoms with E-state index in [9.17, 15) is 27.6 Å². The van der Waals surface area contributed by atoms with Gasteiger partial charge in [-0.2, -0.15) is 13.2 Å². The van der Waals surface area contributed by atoms with Gasteiger partial charge in [0.25, 0.3) is 0 Å². The maximum Gasteiger partial charge on any atom is 0.409 e. The molecule has 0 heterocycles. The lowest BCUT2D eigenvalue weighted by Crippen LogP contribution is -2.49. The summed E-state index contributed by atoms with van der Waals surface area (Å²) in [6.45, 7) is 1.32. The molecule has 0 aromatic heterocycles. The summed E-state index contributed by atoms with van der Waals surface area (Å²) >= 11 is 0. The molecule has 0 aliphatic heterocycles. The highest BCUT2D eigenvalue weighted by Gasteiger charge is 2.42. The van der Waals surface area contributed by atoms with Crippen LogP contribution in [0.1, 0.15) is 43.2 Å². The van der Waals surface area contributed by atoms with Crippen molar-refractivity contribution in [2.75, 3.05) is 6.61 Å². The van der Waals surface area contributed by atoms with Crippen LogP contribution in [0.4, 0.5) is 18.0 Å². The molecule has 0 radical (unpaired) electrons. The third-order valence-electron chi connectivity index (χ3n) is 5.62. The van der Waals surface area contributed by atoms with Crippen molar-refractivity contribution in [1.82, 2.24) is 10.6 Å². The molecule has 182 valence electrons. The number of hydrogen-bond acceptors (Lipinski definition) is 4. The molecule has 0 fully saturated rings. The van der Waals surface area contributed by atoms with Crippen LogP contribution in [0.3, 0.4) is 0 Å². The van der Waals surface area contributed by atoms with Gasteiger partial charge in [0.2, 0.25) is 5.91 Å². The fraction of sp³-hybridized carbons (Fsp3) is 0.375. The SMILES string of the molecule is CC(CCC(=O)O)NC(=O)CC(NC(=O)OCC1c2ccccc2-c2ccccc21)C(F)(F)F. The molecule has 0 spiro atoms. The molecule has 34 heavy (non-hydrogen) atoms. The Bertz CT molecular complexity index is 1010. The third kappa shape index (κ3) is 6.27. The summed E-state index contributed by atoms with van der Waals surface area (Å²) in [6.07, 6.45) is -7.38. The standard InChI is InChI=1S/C24H25F3N2O5/c1-14(10-11-22(31)32)28-21(30)12-20(24(25,26)27)29-23(33)34-13-19-17-8-4-2-6-15(17)16-7-3-5-9-18(16)19/h2-9,14,19-20H,10-13H2,1H3,(H,28,30)(H,29,33)(H,31,32). The van der Waals surface area contributed by atoms with Crippen molar-refractivity contribution in [3.05, 3.63) is 59.7 Å². The quantitative estimate of drug-likeness (QED) is 0.501. The molecule has 2 aromatic rings. The molecule has 2 aromatic carbocycles. The molecule has 0 bridgehead atoms. The van der Waals surface area contributed by atoms with E-state index in [2.05, 4.69) is 5.32 Å². The molecule has 10 heteroatoms. The first kappa shape index (κ1) is 25.1. The first-order chi connectivity index (χ1) is 16.1. The van der Waals surface area contributed by atoms with Crippen molar-refractivity contribution in [3.63, 3.8) is 0 Å². The second kappa shape index (κ2) is 10.6. The molecule has 1 aliphatic rings. The highest BCUT2D eigenvalue weighted by molar-refractivity contribution is 5.80. The van der Waals surface area contributed by atoms with E-state index in [-0.39, 0.29) is 25.4 Å². The normalized spacial score (nSPS) is 14.5. The van der Waals surface area contributed by atoms with Crippen molar-refractivity contribution in [2.45, 2.75) is 50.4 Å². The van der Waals surface area contributed by atoms with E-state index in [0.29, 0.717) is 0 Å². The average molecular weight is 478 g/mol. The van der Waals surface area contributed by atoms with Gasteiger partial charge in [-0.05, 0) is 35.6 Å². The molecule has 2 atom stereocenters. The number of benzene rings is 2. The predicted molar refractivity (Wildman–Crippen MR) is 117 cm³/mol. The Labute approximate surface area is 194 Å². The van der Waals surface area contributed by atoms with Crippen LogP contribution in [-0.4, -0.2) is 47.9 Å². The van der Waals surface area contributed by atoms with Crippen LogP contribution in [-0.2, 0) is 14.3 Å². The second-order valence-electron chi connectivity index (χ2n) is 8.17. The number of carboxylic acid groups (broad SMARTS) is 1. The van der Waals surface area contributed by atoms with Crippen molar-refractivity contribution in [2.24, 2.45) is 0 Å². The Morgan fingerprint density at radius 1 is 1.00 bits per heavy atom. The zero-order valence-corrected chi connectivity index (χ0v) is 18.4. The lowest BCUT2D eigenvalue weighted by atomic mass is 9.98. The molecule has 7 nitrogen and oxygen atoms in total. The molecule has 0 saturated carbocycles. The van der Waals surface area contributed by atoms with E-state index in [4.69, 9.17) is 9.84 Å². The zero-order chi connectivity index (χ0) is 24.9. The van der Waals surface area contributed by atoms with Gasteiger partial charge in [-0.1, -0.05) is 48.5 Å². The lowest BCUT2D eigenvalue weighted by molar-refractivity contribution is -0.160. The number of carbonyl (C=O) groups excluding carboxylic acids is 2. The Kier molecular flexibility index (Phi) is 7.80. The molecule has 3 rings (SSSR count). The fourth-order valence-corrected chi connectivity index (χ4v) is 3.96. The number of halogens is 3. The number of ether oxygens (including phenoxy) is 1. The molecule has 0 saturated heterocycles. The zero-order valence-electron chi connectivity index (χ0n) is 18.4. The van der Waals surface area contributed by atoms with E-state index in [0.717, 1.165) is 22.3 Å². The van der Waals surface area contributed by atoms with Crippen molar-refractivity contribution in [3.8, 4) is 11.1 Å². The van der Waals surface area contributed by atoms with Gasteiger partial charge in [0.15, 0.2) is 0 Å². The summed E-state index contributed by atoms with van der Waals surface area (Å²) in [5.74, 6) is -2.36. The van der Waals surface area contributed by atoms with Gasteiger partial charge < -0.3 is 20.5 Å². The molecule has 2 unspecified atom stereocenters. The first-order valence-electron chi connectivity index (χ1n) is 10.8. The smallest absolute Gasteiger partial charge is 0.409 e. The minimum atomic E-state index is -4.88. The van der Waals surface area contributed by atoms with Gasteiger partial charge in [0.05, 0.1) is 6.42 Å². The Balaban J connectivity index is 1.59. The van der Waals surface area contributed by atoms with Gasteiger partial charge in [0, 0.05) is 18.4 Å². The first-order valence-corrected chi connectivity index (χ1v) is 10.8. The number of alkyl carbamates (subject to hydrolysis) is 1. The molecular weight excluding hydrogens is 453 g/mol. The van der Waals surface area contributed by atoms with E-state index in [1.54, 1.807) is 5.32 Å². The highest BCUT2D eigenvalue weighted by atomic mass is 19.4. The maximum absolute atomic E-state index is 13.4. The third-order valence-corrected chi connectivity index (χ3v) is 5.62. The molecular formula is C24H25F3N2O5. The summed E-state index contributed by atoms with van der Waals surface area (Å²) in [7, 11) is 0. The Morgan fingerprint density at radius 2 is 1.56 bits per heavy atom. The van der Waals surface area contributed by atoms with Crippen LogP contribution in [0, 0.1) is 0 Å². The van der Waals surface area contributed by atoms with Crippen LogP contribution in [0.15, 0.2) is 48.5 Å². The van der Waals surface area contributed by atoms with Gasteiger partial charge in [-0.3, -0.25) is 9.59 Å². The van der Waals surface area contributed by atoms with Crippen molar-refractivity contribution < 1.29 is 37.4 Å². The van der Waals surface area contributed by atoms with Crippen LogP contribution < -0.4 is 10.6 Å². The fourth-order valence-electron chi connectivity index (χ4n) is 3.96. The van der Waals surface area contributed by atoms with E-state index in [1.165, 1.54) is 6.92 Å². The van der Waals surface area contributed by atoms with Crippen LogP contribution in [0.2, 0.25) is 0 Å². The summed E-state index contributed by atoms with van der Waals surface area (Å²) < 4.78 is 45.5. The van der Waals surface area contributed by atoms with Crippen LogP contribution in [0.25, 0.3) is 11.1 Å². The highest BCUT2D eigenvalue weighted by Crippen LogP contribution is 2.44. The Hall–Kier alpha value is -3.56. The number of amides is 2. The summed E-state index contributed by atoms with van der Waals surface area (Å²) in [5, 5.41) is 12.7. The lowest BCUT2D eigenvalue weighted by Gasteiger charge is -2.23. The minimum Gasteiger partial charge on any atom is -0.481 e. The minimum absolute atomic E-state index is 0.0670. The number of rotatable bonds is 9. The van der Waals surface area contributed by atoms with E-state index >= 15 is 0 Å². The Morgan fingerprint density at radius 3 is 2.09 bits per heavy atom. The number of nitrogens with one attached hydrogen (secondary N) is 2. The van der Waals surface area contributed by atoms with Gasteiger partial charge in [-0.25, -0.2) is 4.79 Å². The van der Waals surface area contributed by atoms with Gasteiger partial charge in [-0.15, -0.1) is 0 Å². The van der Waals surface area contributed by atoms with Gasteiger partial charge in [0.1, 0.15) is 12.6 Å². The maximum atomic E-state index is 13.4. The molecule has 3 N–H and O–H groups in total. The molecule has 1 aliphatic carbocycles. The number of hydrogen-bond donors (Lipinski definition) is 3. The van der Waals surface area contributed by atoms with Crippen LogP contribution in [0.5, 0.6) is 0 Å². The van der Waals surface area contributed by atoms with Gasteiger partial charge >= 0.3 is 18.2 Å². The number of aliphatic carboxylic acids is 1. The van der Waals surface area contributed by atoms with E-state index < -0.39 is 42.7 Å².